The van der Waals surface area contributed by atoms with Crippen molar-refractivity contribution in [3.05, 3.63) is 68.8 Å². The summed E-state index contributed by atoms with van der Waals surface area (Å²) in [6, 6.07) is 7.36. The fourth-order valence-electron chi connectivity index (χ4n) is 2.55. The van der Waals surface area contributed by atoms with Gasteiger partial charge in [-0.3, -0.25) is 14.9 Å². The normalized spacial score (nSPS) is 13.7. The molecule has 0 aliphatic heterocycles. The van der Waals surface area contributed by atoms with Crippen LogP contribution in [0.2, 0.25) is 0 Å². The fourth-order valence-corrected chi connectivity index (χ4v) is 2.55. The molecule has 1 amide bonds. The molecule has 9 heteroatoms. The Morgan fingerprint density at radius 3 is 2.19 bits per heavy atom. The molecule has 0 fully saturated rings. The minimum atomic E-state index is -4.86. The summed E-state index contributed by atoms with van der Waals surface area (Å²) in [7, 11) is 0. The number of anilines is 1. The molecule has 0 saturated carbocycles. The third-order valence-electron chi connectivity index (χ3n) is 4.20. The van der Waals surface area contributed by atoms with Crippen molar-refractivity contribution in [3.63, 3.8) is 0 Å². The lowest BCUT2D eigenvalue weighted by Gasteiger charge is -2.28. The van der Waals surface area contributed by atoms with Gasteiger partial charge in [0.2, 0.25) is 0 Å². The van der Waals surface area contributed by atoms with Crippen LogP contribution in [-0.4, -0.2) is 22.1 Å². The molecule has 2 N–H and O–H groups in total. The first kappa shape index (κ1) is 20.4. The number of carbonyl (C=O) groups excluding carboxylic acids is 1. The lowest BCUT2D eigenvalue weighted by atomic mass is 9.91. The molecule has 0 saturated heterocycles. The quantitative estimate of drug-likeness (QED) is 0.611. The van der Waals surface area contributed by atoms with Gasteiger partial charge in [0, 0.05) is 23.4 Å². The van der Waals surface area contributed by atoms with Crippen molar-refractivity contribution >= 4 is 17.3 Å². The van der Waals surface area contributed by atoms with E-state index in [9.17, 15) is 33.2 Å². The summed E-state index contributed by atoms with van der Waals surface area (Å²) in [5.74, 6) is -0.639. The first-order valence-corrected chi connectivity index (χ1v) is 7.81. The smallest absolute Gasteiger partial charge is 0.376 e. The summed E-state index contributed by atoms with van der Waals surface area (Å²) >= 11 is 0. The Morgan fingerprint density at radius 1 is 1.15 bits per heavy atom. The number of aryl methyl sites for hydroxylation is 2. The largest absolute Gasteiger partial charge is 0.421 e. The summed E-state index contributed by atoms with van der Waals surface area (Å²) in [5, 5.41) is 23.2. The van der Waals surface area contributed by atoms with Gasteiger partial charge in [0.25, 0.3) is 11.6 Å². The van der Waals surface area contributed by atoms with Crippen LogP contribution in [-0.2, 0) is 5.60 Å². The highest BCUT2D eigenvalue weighted by Crippen LogP contribution is 2.40. The molecule has 0 heterocycles. The summed E-state index contributed by atoms with van der Waals surface area (Å²) in [6.45, 7) is 3.64. The molecule has 144 valence electrons. The topological polar surface area (TPSA) is 92.5 Å². The van der Waals surface area contributed by atoms with E-state index in [1.165, 1.54) is 32.0 Å². The Labute approximate surface area is 152 Å². The average molecular weight is 382 g/mol. The Bertz CT molecular complexity index is 885. The SMILES string of the molecule is Cc1cc(C(C)(O)C(F)(F)F)cc(C)c1NC(=O)c1cccc([N+](=O)[O-])c1. The van der Waals surface area contributed by atoms with E-state index in [0.29, 0.717) is 18.1 Å². The number of carbonyl (C=O) groups is 1. The van der Waals surface area contributed by atoms with Crippen LogP contribution in [0.5, 0.6) is 0 Å². The van der Waals surface area contributed by atoms with Gasteiger partial charge in [0.15, 0.2) is 5.60 Å². The van der Waals surface area contributed by atoms with Gasteiger partial charge in [0.05, 0.1) is 4.92 Å². The van der Waals surface area contributed by atoms with Crippen molar-refractivity contribution in [3.8, 4) is 0 Å². The van der Waals surface area contributed by atoms with Crippen molar-refractivity contribution in [2.45, 2.75) is 32.5 Å². The van der Waals surface area contributed by atoms with Crippen molar-refractivity contribution in [2.75, 3.05) is 5.32 Å². The second-order valence-electron chi connectivity index (χ2n) is 6.32. The van der Waals surface area contributed by atoms with E-state index in [1.54, 1.807) is 0 Å². The van der Waals surface area contributed by atoms with Gasteiger partial charge >= 0.3 is 6.18 Å². The van der Waals surface area contributed by atoms with Crippen LogP contribution < -0.4 is 5.32 Å². The van der Waals surface area contributed by atoms with Crippen molar-refractivity contribution in [1.82, 2.24) is 0 Å². The van der Waals surface area contributed by atoms with Crippen LogP contribution in [0.15, 0.2) is 36.4 Å². The maximum Gasteiger partial charge on any atom is 0.421 e. The monoisotopic (exact) mass is 382 g/mol. The van der Waals surface area contributed by atoms with E-state index >= 15 is 0 Å². The molecule has 0 aliphatic rings. The van der Waals surface area contributed by atoms with E-state index in [1.807, 2.05) is 0 Å². The number of nitro groups is 1. The molecule has 6 nitrogen and oxygen atoms in total. The molecule has 0 radical (unpaired) electrons. The van der Waals surface area contributed by atoms with Crippen LogP contribution >= 0.6 is 0 Å². The van der Waals surface area contributed by atoms with E-state index in [0.717, 1.165) is 18.2 Å². The standard InChI is InChI=1S/C18H17F3N2O4/c1-10-7-13(17(3,25)18(19,20)21)8-11(2)15(10)22-16(24)12-5-4-6-14(9-12)23(26)27/h4-9,25H,1-3H3,(H,22,24). The molecule has 1 unspecified atom stereocenters. The molecule has 0 bridgehead atoms. The van der Waals surface area contributed by atoms with Crippen molar-refractivity contribution in [2.24, 2.45) is 0 Å². The fraction of sp³-hybridized carbons (Fsp3) is 0.278. The number of hydrogen-bond acceptors (Lipinski definition) is 4. The summed E-state index contributed by atoms with van der Waals surface area (Å²) < 4.78 is 39.1. The zero-order chi connectivity index (χ0) is 20.6. The molecule has 0 aromatic heterocycles. The molecule has 0 spiro atoms. The Morgan fingerprint density at radius 2 is 1.70 bits per heavy atom. The van der Waals surface area contributed by atoms with Gasteiger partial charge in [-0.15, -0.1) is 0 Å². The van der Waals surface area contributed by atoms with Gasteiger partial charge in [-0.05, 0) is 43.5 Å². The zero-order valence-electron chi connectivity index (χ0n) is 14.7. The number of amides is 1. The number of nitrogens with zero attached hydrogens (tertiary/aromatic N) is 1. The average Bonchev–Trinajstić information content (AvgIpc) is 2.56. The molecule has 27 heavy (non-hydrogen) atoms. The minimum absolute atomic E-state index is 0.0364. The first-order chi connectivity index (χ1) is 12.3. The molecular formula is C18H17F3N2O4. The second-order valence-corrected chi connectivity index (χ2v) is 6.32. The molecular weight excluding hydrogens is 365 g/mol. The lowest BCUT2D eigenvalue weighted by Crippen LogP contribution is -2.39. The van der Waals surface area contributed by atoms with Gasteiger partial charge in [-0.2, -0.15) is 13.2 Å². The van der Waals surface area contributed by atoms with Crippen molar-refractivity contribution < 1.29 is 28.0 Å². The Kier molecular flexibility index (Phi) is 5.28. The van der Waals surface area contributed by atoms with Crippen LogP contribution in [0.25, 0.3) is 0 Å². The number of nitro benzene ring substituents is 1. The van der Waals surface area contributed by atoms with Crippen LogP contribution in [0.1, 0.15) is 34.0 Å². The number of alkyl halides is 3. The Hall–Kier alpha value is -2.94. The molecule has 2 aromatic rings. The first-order valence-electron chi connectivity index (χ1n) is 7.81. The third-order valence-corrected chi connectivity index (χ3v) is 4.20. The number of rotatable bonds is 4. The number of non-ortho nitro benzene ring substituents is 1. The molecule has 2 rings (SSSR count). The molecule has 0 aliphatic carbocycles. The van der Waals surface area contributed by atoms with E-state index in [2.05, 4.69) is 5.32 Å². The van der Waals surface area contributed by atoms with E-state index in [4.69, 9.17) is 0 Å². The van der Waals surface area contributed by atoms with Gasteiger partial charge in [0.1, 0.15) is 0 Å². The summed E-state index contributed by atoms with van der Waals surface area (Å²) in [4.78, 5) is 22.5. The van der Waals surface area contributed by atoms with Crippen LogP contribution in [0.4, 0.5) is 24.5 Å². The maximum absolute atomic E-state index is 13.0. The highest BCUT2D eigenvalue weighted by atomic mass is 19.4. The number of nitrogens with one attached hydrogen (secondary N) is 1. The van der Waals surface area contributed by atoms with Crippen LogP contribution in [0, 0.1) is 24.0 Å². The van der Waals surface area contributed by atoms with Crippen LogP contribution in [0.3, 0.4) is 0 Å². The number of halogens is 3. The van der Waals surface area contributed by atoms with Gasteiger partial charge in [-0.25, -0.2) is 0 Å². The molecule has 2 aromatic carbocycles. The minimum Gasteiger partial charge on any atom is -0.376 e. The number of benzene rings is 2. The highest BCUT2D eigenvalue weighted by Gasteiger charge is 2.51. The highest BCUT2D eigenvalue weighted by molar-refractivity contribution is 6.05. The van der Waals surface area contributed by atoms with E-state index in [-0.39, 0.29) is 22.5 Å². The number of aliphatic hydroxyl groups is 1. The lowest BCUT2D eigenvalue weighted by molar-refractivity contribution is -0.384. The number of hydrogen-bond donors (Lipinski definition) is 2. The second kappa shape index (κ2) is 6.99. The summed E-state index contributed by atoms with van der Waals surface area (Å²) in [5.41, 5.74) is -2.71. The predicted octanol–water partition coefficient (Wildman–Crippen LogP) is 4.23. The van der Waals surface area contributed by atoms with Gasteiger partial charge < -0.3 is 10.4 Å². The Balaban J connectivity index is 2.37. The molecule has 1 atom stereocenters. The van der Waals surface area contributed by atoms with E-state index < -0.39 is 22.6 Å². The van der Waals surface area contributed by atoms with Crippen molar-refractivity contribution in [1.29, 1.82) is 0 Å². The predicted molar refractivity (Wildman–Crippen MR) is 92.6 cm³/mol. The zero-order valence-corrected chi connectivity index (χ0v) is 14.7. The summed E-state index contributed by atoms with van der Waals surface area (Å²) in [6.07, 6.45) is -4.86. The third kappa shape index (κ3) is 4.08. The van der Waals surface area contributed by atoms with Gasteiger partial charge in [-0.1, -0.05) is 18.2 Å². The maximum atomic E-state index is 13.0.